The fourth-order valence-electron chi connectivity index (χ4n) is 0.728. The Morgan fingerprint density at radius 3 is 2.45 bits per heavy atom. The first-order valence-corrected chi connectivity index (χ1v) is 3.46. The van der Waals surface area contributed by atoms with Gasteiger partial charge < -0.3 is 0 Å². The maximum Gasteiger partial charge on any atom is 0.189 e. The third kappa shape index (κ3) is 1.45. The van der Waals surface area contributed by atoms with Crippen molar-refractivity contribution >= 4 is 5.78 Å². The Bertz CT molecular complexity index is 265. The average Bonchev–Trinajstić information content (AvgIpc) is 2.33. The molecule has 0 aliphatic rings. The van der Waals surface area contributed by atoms with Gasteiger partial charge in [0.1, 0.15) is 5.69 Å². The zero-order valence-electron chi connectivity index (χ0n) is 6.79. The lowest BCUT2D eigenvalue weighted by atomic mass is 10.1. The Balaban J connectivity index is 2.93. The lowest BCUT2D eigenvalue weighted by Gasteiger charge is -1.97. The topological polar surface area (TPSA) is 56.0 Å². The van der Waals surface area contributed by atoms with Gasteiger partial charge in [-0.3, -0.25) is 4.79 Å². The number of nitrogens with zero attached hydrogens (tertiary/aromatic N) is 2. The van der Waals surface area contributed by atoms with Crippen LogP contribution in [0.2, 0.25) is 0 Å². The maximum absolute atomic E-state index is 11.3. The van der Waals surface area contributed by atoms with E-state index in [0.29, 0.717) is 11.4 Å². The highest BCUT2D eigenvalue weighted by atomic mass is 16.6. The smallest absolute Gasteiger partial charge is 0.189 e. The summed E-state index contributed by atoms with van der Waals surface area (Å²) in [6.45, 7) is 5.33. The van der Waals surface area contributed by atoms with Gasteiger partial charge in [-0.05, 0) is 12.1 Å². The largest absolute Gasteiger partial charge is 0.292 e. The Morgan fingerprint density at radius 1 is 1.45 bits per heavy atom. The molecule has 0 aliphatic carbocycles. The first-order valence-electron chi connectivity index (χ1n) is 3.46. The van der Waals surface area contributed by atoms with Gasteiger partial charge in [0.2, 0.25) is 0 Å². The van der Waals surface area contributed by atoms with Gasteiger partial charge in [-0.25, -0.2) is 4.63 Å². The summed E-state index contributed by atoms with van der Waals surface area (Å²) in [7, 11) is 0. The molecular weight excluding hydrogens is 144 g/mol. The normalized spacial score (nSPS) is 10.5. The third-order valence-electron chi connectivity index (χ3n) is 1.41. The van der Waals surface area contributed by atoms with Gasteiger partial charge >= 0.3 is 0 Å². The Labute approximate surface area is 64.6 Å². The summed E-state index contributed by atoms with van der Waals surface area (Å²) in [6.07, 6.45) is 0. The summed E-state index contributed by atoms with van der Waals surface area (Å²) >= 11 is 0. The van der Waals surface area contributed by atoms with Gasteiger partial charge in [0.05, 0.1) is 0 Å². The molecule has 60 valence electrons. The van der Waals surface area contributed by atoms with Crippen molar-refractivity contribution in [2.75, 3.05) is 0 Å². The second-order valence-electron chi connectivity index (χ2n) is 2.72. The Morgan fingerprint density at radius 2 is 2.09 bits per heavy atom. The minimum Gasteiger partial charge on any atom is -0.292 e. The Hall–Kier alpha value is -1.19. The van der Waals surface area contributed by atoms with E-state index in [1.807, 2.05) is 13.8 Å². The van der Waals surface area contributed by atoms with Crippen LogP contribution < -0.4 is 0 Å². The number of hydrogen-bond acceptors (Lipinski definition) is 4. The molecule has 0 radical (unpaired) electrons. The zero-order chi connectivity index (χ0) is 8.43. The average molecular weight is 154 g/mol. The number of carbonyl (C=O) groups is 1. The summed E-state index contributed by atoms with van der Waals surface area (Å²) in [5, 5.41) is 7.01. The summed E-state index contributed by atoms with van der Waals surface area (Å²) in [4.78, 5) is 11.3. The van der Waals surface area contributed by atoms with Crippen molar-refractivity contribution < 1.29 is 9.42 Å². The van der Waals surface area contributed by atoms with E-state index in [-0.39, 0.29) is 11.7 Å². The van der Waals surface area contributed by atoms with E-state index in [4.69, 9.17) is 0 Å². The summed E-state index contributed by atoms with van der Waals surface area (Å²) in [5.74, 6) is -0.0793. The zero-order valence-corrected chi connectivity index (χ0v) is 6.79. The molecule has 0 amide bonds. The van der Waals surface area contributed by atoms with Crippen molar-refractivity contribution in [2.24, 2.45) is 5.92 Å². The van der Waals surface area contributed by atoms with E-state index >= 15 is 0 Å². The van der Waals surface area contributed by atoms with E-state index in [2.05, 4.69) is 14.9 Å². The van der Waals surface area contributed by atoms with Crippen molar-refractivity contribution in [2.45, 2.75) is 20.8 Å². The number of aryl methyl sites for hydroxylation is 1. The van der Waals surface area contributed by atoms with Crippen molar-refractivity contribution in [1.82, 2.24) is 10.3 Å². The number of carbonyl (C=O) groups excluding carboxylic acids is 1. The lowest BCUT2D eigenvalue weighted by molar-refractivity contribution is 0.0929. The highest BCUT2D eigenvalue weighted by molar-refractivity contribution is 5.96. The van der Waals surface area contributed by atoms with Crippen LogP contribution in [0, 0.1) is 12.8 Å². The van der Waals surface area contributed by atoms with Crippen LogP contribution in [0.5, 0.6) is 0 Å². The summed E-state index contributed by atoms with van der Waals surface area (Å²) in [6, 6.07) is 0. The molecule has 1 rings (SSSR count). The molecule has 0 saturated heterocycles. The van der Waals surface area contributed by atoms with Crippen molar-refractivity contribution in [1.29, 1.82) is 0 Å². The van der Waals surface area contributed by atoms with Crippen LogP contribution in [0.3, 0.4) is 0 Å². The maximum atomic E-state index is 11.3. The molecule has 0 spiro atoms. The highest BCUT2D eigenvalue weighted by Gasteiger charge is 2.17. The molecule has 0 fully saturated rings. The van der Waals surface area contributed by atoms with E-state index < -0.39 is 0 Å². The number of aromatic nitrogens is 2. The van der Waals surface area contributed by atoms with E-state index in [0.717, 1.165) is 0 Å². The molecule has 0 aromatic carbocycles. The molecule has 0 bridgehead atoms. The van der Waals surface area contributed by atoms with Gasteiger partial charge in [-0.1, -0.05) is 19.0 Å². The monoisotopic (exact) mass is 154 g/mol. The first kappa shape index (κ1) is 7.91. The molecular formula is C7H10N2O2. The number of ketones is 1. The molecule has 0 atom stereocenters. The van der Waals surface area contributed by atoms with Crippen molar-refractivity contribution in [3.05, 3.63) is 11.4 Å². The molecule has 1 heterocycles. The quantitative estimate of drug-likeness (QED) is 0.601. The first-order chi connectivity index (χ1) is 5.13. The van der Waals surface area contributed by atoms with Gasteiger partial charge in [0, 0.05) is 5.92 Å². The van der Waals surface area contributed by atoms with Crippen LogP contribution in [-0.4, -0.2) is 16.1 Å². The molecule has 1 aromatic heterocycles. The molecule has 0 saturated carbocycles. The fourth-order valence-corrected chi connectivity index (χ4v) is 0.728. The minimum absolute atomic E-state index is 0.0243. The van der Waals surface area contributed by atoms with Crippen LogP contribution in [0.15, 0.2) is 4.63 Å². The van der Waals surface area contributed by atoms with Crippen LogP contribution in [-0.2, 0) is 0 Å². The molecule has 0 aliphatic heterocycles. The second kappa shape index (κ2) is 2.82. The van der Waals surface area contributed by atoms with Gasteiger partial charge in [-0.15, -0.1) is 0 Å². The number of hydrogen-bond donors (Lipinski definition) is 0. The molecule has 11 heavy (non-hydrogen) atoms. The minimum atomic E-state index is -0.0550. The van der Waals surface area contributed by atoms with E-state index in [1.54, 1.807) is 6.92 Å². The molecule has 4 nitrogen and oxygen atoms in total. The summed E-state index contributed by atoms with van der Waals surface area (Å²) in [5.41, 5.74) is 0.906. The van der Waals surface area contributed by atoms with Gasteiger partial charge in [0.15, 0.2) is 11.5 Å². The molecule has 0 N–H and O–H groups in total. The number of rotatable bonds is 2. The molecule has 4 heteroatoms. The van der Waals surface area contributed by atoms with Crippen LogP contribution >= 0.6 is 0 Å². The number of Topliss-reactive ketones (excluding diaryl/α,β-unsaturated/α-hetero) is 1. The fraction of sp³-hybridized carbons (Fsp3) is 0.571. The second-order valence-corrected chi connectivity index (χ2v) is 2.72. The van der Waals surface area contributed by atoms with Crippen molar-refractivity contribution in [3.63, 3.8) is 0 Å². The highest BCUT2D eigenvalue weighted by Crippen LogP contribution is 2.07. The van der Waals surface area contributed by atoms with Crippen LogP contribution in [0.25, 0.3) is 0 Å². The standard InChI is InChI=1S/C7H10N2O2/c1-4(2)7(10)6-5(3)8-11-9-6/h4H,1-3H3. The summed E-state index contributed by atoms with van der Waals surface area (Å²) < 4.78 is 4.40. The third-order valence-corrected chi connectivity index (χ3v) is 1.41. The molecule has 1 aromatic rings. The predicted molar refractivity (Wildman–Crippen MR) is 38.2 cm³/mol. The lowest BCUT2D eigenvalue weighted by Crippen LogP contribution is -2.09. The van der Waals surface area contributed by atoms with E-state index in [9.17, 15) is 4.79 Å². The molecule has 0 unspecified atom stereocenters. The van der Waals surface area contributed by atoms with E-state index in [1.165, 1.54) is 0 Å². The van der Waals surface area contributed by atoms with Crippen molar-refractivity contribution in [3.8, 4) is 0 Å². The van der Waals surface area contributed by atoms with Crippen LogP contribution in [0.4, 0.5) is 0 Å². The Kier molecular flexibility index (Phi) is 2.03. The SMILES string of the molecule is Cc1nonc1C(=O)C(C)C. The predicted octanol–water partition coefficient (Wildman–Crippen LogP) is 1.22. The van der Waals surface area contributed by atoms with Crippen LogP contribution in [0.1, 0.15) is 30.0 Å². The van der Waals surface area contributed by atoms with Gasteiger partial charge in [-0.2, -0.15) is 0 Å². The van der Waals surface area contributed by atoms with Gasteiger partial charge in [0.25, 0.3) is 0 Å².